The molecule has 2 heterocycles. The Bertz CT molecular complexity index is 1370. The first-order valence-electron chi connectivity index (χ1n) is 11.1. The molecule has 0 aliphatic carbocycles. The SMILES string of the molecule is Cc1c(CCC(=O)NCCc2ccc(F)cc2)c(=O)oc2cc3occ(C(C)(C)C)c3cc12. The second kappa shape index (κ2) is 8.85. The molecule has 0 atom stereocenters. The molecule has 0 unspecified atom stereocenters. The molecule has 4 rings (SSSR count). The number of nitrogens with one attached hydrogen (secondary N) is 1. The molecular formula is C27H28FNO4. The Labute approximate surface area is 191 Å². The normalized spacial score (nSPS) is 11.9. The van der Waals surface area contributed by atoms with Crippen molar-refractivity contribution in [2.45, 2.75) is 52.4 Å². The van der Waals surface area contributed by atoms with Crippen LogP contribution < -0.4 is 10.9 Å². The van der Waals surface area contributed by atoms with Crippen LogP contribution in [0.4, 0.5) is 4.39 Å². The summed E-state index contributed by atoms with van der Waals surface area (Å²) >= 11 is 0. The number of benzene rings is 2. The van der Waals surface area contributed by atoms with E-state index in [9.17, 15) is 14.0 Å². The van der Waals surface area contributed by atoms with Crippen molar-refractivity contribution in [1.29, 1.82) is 0 Å². The molecule has 172 valence electrons. The Morgan fingerprint density at radius 2 is 1.76 bits per heavy atom. The smallest absolute Gasteiger partial charge is 0.339 e. The summed E-state index contributed by atoms with van der Waals surface area (Å²) in [7, 11) is 0. The highest BCUT2D eigenvalue weighted by molar-refractivity contribution is 5.96. The van der Waals surface area contributed by atoms with Gasteiger partial charge in [-0.15, -0.1) is 0 Å². The zero-order valence-electron chi connectivity index (χ0n) is 19.4. The van der Waals surface area contributed by atoms with Gasteiger partial charge in [-0.1, -0.05) is 32.9 Å². The van der Waals surface area contributed by atoms with E-state index in [0.29, 0.717) is 36.1 Å². The summed E-state index contributed by atoms with van der Waals surface area (Å²) in [6.07, 6.45) is 2.85. The first-order valence-corrected chi connectivity index (χ1v) is 11.1. The molecule has 0 saturated heterocycles. The maximum atomic E-state index is 13.0. The maximum absolute atomic E-state index is 13.0. The van der Waals surface area contributed by atoms with Crippen molar-refractivity contribution in [2.75, 3.05) is 6.54 Å². The first kappa shape index (κ1) is 22.8. The predicted octanol–water partition coefficient (Wildman–Crippen LogP) is 5.58. The van der Waals surface area contributed by atoms with Crippen LogP contribution in [0.25, 0.3) is 21.9 Å². The third-order valence-electron chi connectivity index (χ3n) is 6.04. The van der Waals surface area contributed by atoms with Crippen LogP contribution in [0.3, 0.4) is 0 Å². The quantitative estimate of drug-likeness (QED) is 0.390. The zero-order chi connectivity index (χ0) is 23.8. The third kappa shape index (κ3) is 4.85. The summed E-state index contributed by atoms with van der Waals surface area (Å²) in [6, 6.07) is 9.99. The molecule has 0 bridgehead atoms. The highest BCUT2D eigenvalue weighted by atomic mass is 19.1. The summed E-state index contributed by atoms with van der Waals surface area (Å²) in [5.41, 5.74) is 4.02. The van der Waals surface area contributed by atoms with Crippen molar-refractivity contribution >= 4 is 27.8 Å². The van der Waals surface area contributed by atoms with E-state index in [0.717, 1.165) is 27.5 Å². The number of halogens is 1. The maximum Gasteiger partial charge on any atom is 0.339 e. The standard InChI is InChI=1S/C27H28FNO4/c1-16-19(9-10-25(30)29-12-11-17-5-7-18(28)8-6-17)26(31)33-24-14-23-21(13-20(16)24)22(15-32-23)27(2,3)4/h5-8,13-15H,9-12H2,1-4H3,(H,29,30). The van der Waals surface area contributed by atoms with Gasteiger partial charge < -0.3 is 14.2 Å². The highest BCUT2D eigenvalue weighted by Crippen LogP contribution is 2.35. The molecule has 0 radical (unpaired) electrons. The lowest BCUT2D eigenvalue weighted by Crippen LogP contribution is -2.26. The lowest BCUT2D eigenvalue weighted by atomic mass is 9.86. The average molecular weight is 450 g/mol. The van der Waals surface area contributed by atoms with Crippen molar-refractivity contribution in [2.24, 2.45) is 0 Å². The van der Waals surface area contributed by atoms with Crippen molar-refractivity contribution in [3.8, 4) is 0 Å². The molecule has 0 spiro atoms. The fraction of sp³-hybridized carbons (Fsp3) is 0.333. The minimum Gasteiger partial charge on any atom is -0.464 e. The van der Waals surface area contributed by atoms with E-state index >= 15 is 0 Å². The number of hydrogen-bond acceptors (Lipinski definition) is 4. The largest absolute Gasteiger partial charge is 0.464 e. The molecule has 4 aromatic rings. The summed E-state index contributed by atoms with van der Waals surface area (Å²) in [4.78, 5) is 25.0. The minimum atomic E-state index is -0.430. The monoisotopic (exact) mass is 449 g/mol. The van der Waals surface area contributed by atoms with E-state index in [-0.39, 0.29) is 23.6 Å². The summed E-state index contributed by atoms with van der Waals surface area (Å²) in [5.74, 6) is -0.424. The molecule has 6 heteroatoms. The van der Waals surface area contributed by atoms with Crippen LogP contribution in [-0.4, -0.2) is 12.5 Å². The van der Waals surface area contributed by atoms with Crippen molar-refractivity contribution in [3.05, 3.63) is 81.2 Å². The van der Waals surface area contributed by atoms with Crippen molar-refractivity contribution in [1.82, 2.24) is 5.32 Å². The Morgan fingerprint density at radius 1 is 1.03 bits per heavy atom. The molecule has 0 aliphatic rings. The van der Waals surface area contributed by atoms with Gasteiger partial charge in [0.25, 0.3) is 0 Å². The van der Waals surface area contributed by atoms with Gasteiger partial charge in [-0.2, -0.15) is 0 Å². The molecule has 5 nitrogen and oxygen atoms in total. The van der Waals surface area contributed by atoms with Crippen LogP contribution in [-0.2, 0) is 23.1 Å². The number of furan rings is 1. The lowest BCUT2D eigenvalue weighted by molar-refractivity contribution is -0.121. The van der Waals surface area contributed by atoms with E-state index in [1.807, 2.05) is 13.0 Å². The van der Waals surface area contributed by atoms with E-state index in [1.165, 1.54) is 12.1 Å². The average Bonchev–Trinajstić information content (AvgIpc) is 3.17. The molecule has 33 heavy (non-hydrogen) atoms. The van der Waals surface area contributed by atoms with Gasteiger partial charge in [-0.05, 0) is 54.5 Å². The molecule has 1 amide bonds. The van der Waals surface area contributed by atoms with Gasteiger partial charge in [0.05, 0.1) is 6.26 Å². The summed E-state index contributed by atoms with van der Waals surface area (Å²) in [5, 5.41) is 4.70. The van der Waals surface area contributed by atoms with E-state index < -0.39 is 5.63 Å². The van der Waals surface area contributed by atoms with Crippen LogP contribution >= 0.6 is 0 Å². The van der Waals surface area contributed by atoms with Gasteiger partial charge >= 0.3 is 5.63 Å². The van der Waals surface area contributed by atoms with E-state index in [2.05, 4.69) is 26.1 Å². The highest BCUT2D eigenvalue weighted by Gasteiger charge is 2.21. The Hall–Kier alpha value is -3.41. The summed E-state index contributed by atoms with van der Waals surface area (Å²) < 4.78 is 24.3. The van der Waals surface area contributed by atoms with Crippen molar-refractivity contribution < 1.29 is 18.0 Å². The molecular weight excluding hydrogens is 421 g/mol. The summed E-state index contributed by atoms with van der Waals surface area (Å²) in [6.45, 7) is 8.71. The second-order valence-electron chi connectivity index (χ2n) is 9.46. The molecule has 2 aromatic carbocycles. The van der Waals surface area contributed by atoms with E-state index in [1.54, 1.807) is 24.5 Å². The number of rotatable bonds is 6. The second-order valence-corrected chi connectivity index (χ2v) is 9.46. The lowest BCUT2D eigenvalue weighted by Gasteiger charge is -2.16. The van der Waals surface area contributed by atoms with Gasteiger partial charge in [0, 0.05) is 40.9 Å². The number of hydrogen-bond donors (Lipinski definition) is 1. The fourth-order valence-corrected chi connectivity index (χ4v) is 4.10. The van der Waals surface area contributed by atoms with Crippen LogP contribution in [0.2, 0.25) is 0 Å². The molecule has 0 aliphatic heterocycles. The third-order valence-corrected chi connectivity index (χ3v) is 6.04. The Morgan fingerprint density at radius 3 is 2.45 bits per heavy atom. The number of carbonyl (C=O) groups excluding carboxylic acids is 1. The number of fused-ring (bicyclic) bond motifs is 2. The van der Waals surface area contributed by atoms with Crippen LogP contribution in [0.1, 0.15) is 49.4 Å². The Balaban J connectivity index is 1.50. The zero-order valence-corrected chi connectivity index (χ0v) is 19.4. The van der Waals surface area contributed by atoms with Crippen LogP contribution in [0.5, 0.6) is 0 Å². The van der Waals surface area contributed by atoms with Crippen molar-refractivity contribution in [3.63, 3.8) is 0 Å². The molecule has 0 saturated carbocycles. The number of aryl methyl sites for hydroxylation is 1. The van der Waals surface area contributed by atoms with Gasteiger partial charge in [0.1, 0.15) is 17.0 Å². The van der Waals surface area contributed by atoms with E-state index in [4.69, 9.17) is 8.83 Å². The number of carbonyl (C=O) groups is 1. The van der Waals surface area contributed by atoms with Gasteiger partial charge in [0.15, 0.2) is 0 Å². The van der Waals surface area contributed by atoms with Gasteiger partial charge in [0.2, 0.25) is 5.91 Å². The topological polar surface area (TPSA) is 72.5 Å². The predicted molar refractivity (Wildman–Crippen MR) is 127 cm³/mol. The van der Waals surface area contributed by atoms with Crippen LogP contribution in [0.15, 0.2) is 56.3 Å². The van der Waals surface area contributed by atoms with Gasteiger partial charge in [-0.3, -0.25) is 4.79 Å². The first-order chi connectivity index (χ1) is 15.6. The molecule has 2 aromatic heterocycles. The van der Waals surface area contributed by atoms with Gasteiger partial charge in [-0.25, -0.2) is 9.18 Å². The minimum absolute atomic E-state index is 0.0860. The Kier molecular flexibility index (Phi) is 6.11. The fourth-order valence-electron chi connectivity index (χ4n) is 4.10. The molecule has 0 fully saturated rings. The number of amides is 1. The molecule has 1 N–H and O–H groups in total. The van der Waals surface area contributed by atoms with Crippen LogP contribution in [0, 0.1) is 12.7 Å².